The van der Waals surface area contributed by atoms with Crippen molar-refractivity contribution in [1.82, 2.24) is 19.9 Å². The maximum atomic E-state index is 12.3. The lowest BCUT2D eigenvalue weighted by atomic mass is 10.1. The second kappa shape index (κ2) is 9.67. The number of para-hydroxylation sites is 1. The van der Waals surface area contributed by atoms with Gasteiger partial charge in [0.15, 0.2) is 11.5 Å². The van der Waals surface area contributed by atoms with Crippen molar-refractivity contribution in [2.24, 2.45) is 5.73 Å². The molecule has 4 aromatic rings. The molecule has 0 bridgehead atoms. The topological polar surface area (TPSA) is 116 Å². The van der Waals surface area contributed by atoms with Crippen LogP contribution in [-0.2, 0) is 0 Å². The zero-order valence-electron chi connectivity index (χ0n) is 18.6. The summed E-state index contributed by atoms with van der Waals surface area (Å²) in [4.78, 5) is 16.8. The number of anilines is 1. The number of benzene rings is 2. The number of hydrogen-bond donors (Lipinski definition) is 3. The van der Waals surface area contributed by atoms with Gasteiger partial charge in [-0.05, 0) is 50.0 Å². The number of hydrogen-bond acceptors (Lipinski definition) is 7. The third kappa shape index (κ3) is 4.53. The number of rotatable bonds is 8. The van der Waals surface area contributed by atoms with Crippen LogP contribution >= 0.6 is 8.73 Å². The first-order valence-corrected chi connectivity index (χ1v) is 12.4. The van der Waals surface area contributed by atoms with Crippen LogP contribution < -0.4 is 25.8 Å². The summed E-state index contributed by atoms with van der Waals surface area (Å²) in [5.74, 6) is 2.13. The number of nitrogens with zero attached hydrogens (tertiary/aromatic N) is 3. The average molecular weight is 476 g/mol. The number of carbonyl (C=O) groups excluding carboxylic acids is 1. The van der Waals surface area contributed by atoms with Gasteiger partial charge >= 0.3 is 0 Å². The lowest BCUT2D eigenvalue weighted by Gasteiger charge is -2.14. The van der Waals surface area contributed by atoms with Crippen molar-refractivity contribution in [2.45, 2.75) is 12.5 Å². The lowest BCUT2D eigenvalue weighted by molar-refractivity contribution is 0.0998. The van der Waals surface area contributed by atoms with Gasteiger partial charge in [-0.25, -0.2) is 9.44 Å². The summed E-state index contributed by atoms with van der Waals surface area (Å²) in [6, 6.07) is 16.4. The number of carbonyl (C=O) groups is 1. The molecular weight excluding hydrogens is 451 g/mol. The van der Waals surface area contributed by atoms with Gasteiger partial charge in [-0.15, -0.1) is 5.10 Å². The van der Waals surface area contributed by atoms with Gasteiger partial charge in [-0.2, -0.15) is 0 Å². The fourth-order valence-electron chi connectivity index (χ4n) is 3.92. The third-order valence-electron chi connectivity index (χ3n) is 5.56. The zero-order chi connectivity index (χ0) is 23.5. The van der Waals surface area contributed by atoms with Crippen LogP contribution in [0.5, 0.6) is 23.0 Å². The van der Waals surface area contributed by atoms with Crippen molar-refractivity contribution >= 4 is 31.5 Å². The summed E-state index contributed by atoms with van der Waals surface area (Å²) in [5.41, 5.74) is 6.63. The standard InChI is InChI=1S/C24H25N6O3P/c1-34-30-24-21(23(29-30)28-15-9-11-26-14-15)20(10-12-27-24)33-19-8-7-17(13-18(19)22(25)31)32-16-5-3-2-4-6-16/h2-8,10,12-13,15,26,34H,9,11,14H2,1H3,(H2,25,31)(H,28,29)/t15-/m1/s1. The van der Waals surface area contributed by atoms with E-state index in [1.165, 1.54) is 0 Å². The highest BCUT2D eigenvalue weighted by Crippen LogP contribution is 2.38. The largest absolute Gasteiger partial charge is 0.457 e. The molecule has 2 aromatic carbocycles. The highest BCUT2D eigenvalue weighted by atomic mass is 31.1. The second-order valence-electron chi connectivity index (χ2n) is 7.87. The number of nitrogens with one attached hydrogen (secondary N) is 2. The molecule has 9 nitrogen and oxygen atoms in total. The molecule has 0 aliphatic carbocycles. The Labute approximate surface area is 198 Å². The second-order valence-corrected chi connectivity index (χ2v) is 8.74. The van der Waals surface area contributed by atoms with E-state index in [9.17, 15) is 4.79 Å². The van der Waals surface area contributed by atoms with E-state index in [2.05, 4.69) is 15.6 Å². The Hall–Kier alpha value is -3.68. The molecule has 174 valence electrons. The normalized spacial score (nSPS) is 15.7. The first-order valence-electron chi connectivity index (χ1n) is 11.0. The number of nitrogens with two attached hydrogens (primary N) is 1. The van der Waals surface area contributed by atoms with Gasteiger partial charge in [0.05, 0.1) is 5.56 Å². The molecule has 0 saturated carbocycles. The molecule has 1 amide bonds. The molecule has 5 rings (SSSR count). The van der Waals surface area contributed by atoms with Crippen molar-refractivity contribution in [1.29, 1.82) is 0 Å². The molecule has 1 aliphatic rings. The van der Waals surface area contributed by atoms with Gasteiger partial charge in [-0.1, -0.05) is 18.2 Å². The smallest absolute Gasteiger partial charge is 0.252 e. The van der Waals surface area contributed by atoms with Crippen LogP contribution in [0.25, 0.3) is 11.0 Å². The Morgan fingerprint density at radius 1 is 1.15 bits per heavy atom. The molecule has 1 unspecified atom stereocenters. The van der Waals surface area contributed by atoms with Gasteiger partial charge in [0.2, 0.25) is 0 Å². The molecule has 10 heteroatoms. The third-order valence-corrected chi connectivity index (χ3v) is 6.29. The predicted octanol–water partition coefficient (Wildman–Crippen LogP) is 3.96. The number of pyridine rings is 1. The summed E-state index contributed by atoms with van der Waals surface area (Å²) in [5, 5.41) is 12.4. The van der Waals surface area contributed by atoms with Crippen LogP contribution in [0.4, 0.5) is 5.82 Å². The van der Waals surface area contributed by atoms with Crippen molar-refractivity contribution in [3.8, 4) is 23.0 Å². The number of amides is 1. The van der Waals surface area contributed by atoms with Crippen molar-refractivity contribution < 1.29 is 14.3 Å². The molecule has 0 radical (unpaired) electrons. The van der Waals surface area contributed by atoms with E-state index < -0.39 is 5.91 Å². The highest BCUT2D eigenvalue weighted by Gasteiger charge is 2.22. The van der Waals surface area contributed by atoms with Gasteiger partial charge in [0, 0.05) is 33.6 Å². The van der Waals surface area contributed by atoms with Crippen molar-refractivity contribution in [2.75, 3.05) is 25.1 Å². The SMILES string of the molecule is CPn1nc(N[C@@H]2CCNC2)c2c(Oc3ccc(Oc4ccccc4)cc3C(N)=O)ccnc21. The van der Waals surface area contributed by atoms with E-state index in [0.717, 1.165) is 30.5 Å². The Balaban J connectivity index is 1.50. The fraction of sp³-hybridized carbons (Fsp3) is 0.208. The summed E-state index contributed by atoms with van der Waals surface area (Å²) >= 11 is 0. The fourth-order valence-corrected chi connectivity index (χ4v) is 4.51. The Kier molecular flexibility index (Phi) is 6.29. The minimum Gasteiger partial charge on any atom is -0.457 e. The zero-order valence-corrected chi connectivity index (χ0v) is 19.6. The number of primary amides is 1. The number of aromatic nitrogens is 3. The molecule has 34 heavy (non-hydrogen) atoms. The van der Waals surface area contributed by atoms with E-state index in [0.29, 0.717) is 37.5 Å². The summed E-state index contributed by atoms with van der Waals surface area (Å²) < 4.78 is 14.0. The van der Waals surface area contributed by atoms with E-state index in [-0.39, 0.29) is 11.6 Å². The molecule has 2 atom stereocenters. The molecule has 1 fully saturated rings. The van der Waals surface area contributed by atoms with Gasteiger partial charge in [-0.3, -0.25) is 4.79 Å². The first-order chi connectivity index (χ1) is 16.6. The number of ether oxygens (including phenoxy) is 2. The van der Waals surface area contributed by atoms with Crippen LogP contribution in [0.15, 0.2) is 60.8 Å². The highest BCUT2D eigenvalue weighted by molar-refractivity contribution is 7.35. The van der Waals surface area contributed by atoms with Gasteiger partial charge in [0.25, 0.3) is 5.91 Å². The predicted molar refractivity (Wildman–Crippen MR) is 134 cm³/mol. The molecule has 1 saturated heterocycles. The van der Waals surface area contributed by atoms with Crippen LogP contribution in [-0.4, -0.2) is 46.2 Å². The van der Waals surface area contributed by atoms with E-state index in [4.69, 9.17) is 20.3 Å². The molecular formula is C24H25N6O3P. The van der Waals surface area contributed by atoms with Crippen LogP contribution in [0.3, 0.4) is 0 Å². The Morgan fingerprint density at radius 2 is 2.00 bits per heavy atom. The van der Waals surface area contributed by atoms with E-state index in [1.807, 2.05) is 41.4 Å². The van der Waals surface area contributed by atoms with Gasteiger partial charge in [0.1, 0.15) is 28.4 Å². The average Bonchev–Trinajstić information content (AvgIpc) is 3.49. The molecule has 4 N–H and O–H groups in total. The van der Waals surface area contributed by atoms with E-state index >= 15 is 0 Å². The summed E-state index contributed by atoms with van der Waals surface area (Å²) in [6.07, 6.45) is 2.68. The van der Waals surface area contributed by atoms with E-state index in [1.54, 1.807) is 30.5 Å². The maximum Gasteiger partial charge on any atom is 0.252 e. The van der Waals surface area contributed by atoms with Crippen LogP contribution in [0.2, 0.25) is 0 Å². The quantitative estimate of drug-likeness (QED) is 0.330. The first kappa shape index (κ1) is 22.1. The lowest BCUT2D eigenvalue weighted by Crippen LogP contribution is -2.22. The minimum atomic E-state index is -0.611. The van der Waals surface area contributed by atoms with Crippen molar-refractivity contribution in [3.05, 3.63) is 66.4 Å². The Morgan fingerprint density at radius 3 is 2.74 bits per heavy atom. The monoisotopic (exact) mass is 476 g/mol. The molecule has 0 spiro atoms. The minimum absolute atomic E-state index is 0.220. The number of fused-ring (bicyclic) bond motifs is 1. The van der Waals surface area contributed by atoms with Crippen LogP contribution in [0, 0.1) is 0 Å². The Bertz CT molecular complexity index is 1320. The van der Waals surface area contributed by atoms with Crippen LogP contribution in [0.1, 0.15) is 16.8 Å². The molecule has 1 aliphatic heterocycles. The summed E-state index contributed by atoms with van der Waals surface area (Å²) in [7, 11) is 0.402. The maximum absolute atomic E-state index is 12.3. The van der Waals surface area contributed by atoms with Gasteiger partial charge < -0.3 is 25.8 Å². The molecule has 3 heterocycles. The summed E-state index contributed by atoms with van der Waals surface area (Å²) in [6.45, 7) is 3.87. The molecule has 2 aromatic heterocycles. The van der Waals surface area contributed by atoms with Crippen molar-refractivity contribution in [3.63, 3.8) is 0 Å².